The van der Waals surface area contributed by atoms with Gasteiger partial charge in [-0.25, -0.2) is 0 Å². The van der Waals surface area contributed by atoms with Crippen molar-refractivity contribution in [2.75, 3.05) is 5.32 Å². The third-order valence-corrected chi connectivity index (χ3v) is 15.8. The molecular formula is C56H43BN2OS2. The molecule has 8 aromatic carbocycles. The second-order valence-corrected chi connectivity index (χ2v) is 21.6. The fourth-order valence-electron chi connectivity index (χ4n) is 10.2. The van der Waals surface area contributed by atoms with Crippen molar-refractivity contribution in [3.05, 3.63) is 151 Å². The Bertz CT molecular complexity index is 3880. The van der Waals surface area contributed by atoms with Gasteiger partial charge in [0.15, 0.2) is 7.28 Å². The van der Waals surface area contributed by atoms with Crippen LogP contribution in [-0.2, 0) is 10.8 Å². The van der Waals surface area contributed by atoms with Gasteiger partial charge in [-0.1, -0.05) is 126 Å². The fraction of sp³-hybridized carbons (Fsp3) is 0.143. The Balaban J connectivity index is 1.11. The zero-order valence-corrected chi connectivity index (χ0v) is 37.3. The summed E-state index contributed by atoms with van der Waals surface area (Å²) in [5, 5.41) is 14.0. The number of fused-ring (bicyclic) bond motifs is 14. The highest BCUT2D eigenvalue weighted by Crippen LogP contribution is 2.46. The summed E-state index contributed by atoms with van der Waals surface area (Å²) in [7, 11) is 0.828. The van der Waals surface area contributed by atoms with Crippen LogP contribution in [0.3, 0.4) is 0 Å². The van der Waals surface area contributed by atoms with E-state index in [0.717, 1.165) is 40.6 Å². The van der Waals surface area contributed by atoms with Gasteiger partial charge < -0.3 is 14.3 Å². The molecule has 13 rings (SSSR count). The first kappa shape index (κ1) is 36.3. The van der Waals surface area contributed by atoms with Gasteiger partial charge in [-0.15, -0.1) is 22.7 Å². The van der Waals surface area contributed by atoms with Crippen LogP contribution in [0, 0.1) is 0 Å². The van der Waals surface area contributed by atoms with Crippen molar-refractivity contribution in [2.24, 2.45) is 0 Å². The van der Waals surface area contributed by atoms with Crippen molar-refractivity contribution in [3.8, 4) is 16.8 Å². The number of thiophene rings is 2. The molecule has 1 aliphatic rings. The van der Waals surface area contributed by atoms with Gasteiger partial charge in [0.2, 0.25) is 0 Å². The predicted octanol–water partition coefficient (Wildman–Crippen LogP) is 15.1. The van der Waals surface area contributed by atoms with Crippen LogP contribution >= 0.6 is 22.7 Å². The van der Waals surface area contributed by atoms with Crippen molar-refractivity contribution in [1.82, 2.24) is 4.57 Å². The smallest absolute Gasteiger partial charge is 0.198 e. The van der Waals surface area contributed by atoms with Crippen LogP contribution in [0.1, 0.15) is 52.7 Å². The van der Waals surface area contributed by atoms with Crippen molar-refractivity contribution < 1.29 is 4.42 Å². The van der Waals surface area contributed by atoms with Crippen LogP contribution in [0.4, 0.5) is 11.4 Å². The topological polar surface area (TPSA) is 30.1 Å². The molecule has 0 saturated heterocycles. The van der Waals surface area contributed by atoms with Gasteiger partial charge in [0, 0.05) is 84.6 Å². The molecule has 298 valence electrons. The van der Waals surface area contributed by atoms with E-state index in [1.165, 1.54) is 101 Å². The first-order valence-corrected chi connectivity index (χ1v) is 23.3. The van der Waals surface area contributed by atoms with E-state index in [2.05, 4.69) is 191 Å². The Morgan fingerprint density at radius 2 is 1.18 bits per heavy atom. The molecule has 0 radical (unpaired) electrons. The highest BCUT2D eigenvalue weighted by Gasteiger charge is 2.29. The van der Waals surface area contributed by atoms with Crippen LogP contribution in [-0.4, -0.2) is 11.8 Å². The Labute approximate surface area is 368 Å². The third-order valence-electron chi connectivity index (χ3n) is 13.5. The molecule has 6 heteroatoms. The van der Waals surface area contributed by atoms with Gasteiger partial charge in [0.25, 0.3) is 0 Å². The molecule has 0 saturated carbocycles. The monoisotopic (exact) mass is 834 g/mol. The number of nitrogens with zero attached hydrogens (tertiary/aromatic N) is 1. The minimum absolute atomic E-state index is 0.0742. The number of nitrogens with one attached hydrogen (secondary N) is 1. The lowest BCUT2D eigenvalue weighted by atomic mass is 9.59. The highest BCUT2D eigenvalue weighted by molar-refractivity contribution is 7.26. The Kier molecular flexibility index (Phi) is 7.40. The minimum Gasteiger partial charge on any atom is -0.456 e. The average molecular weight is 835 g/mol. The van der Waals surface area contributed by atoms with Gasteiger partial charge in [0.05, 0.1) is 5.52 Å². The summed E-state index contributed by atoms with van der Waals surface area (Å²) < 4.78 is 14.4. The predicted molar refractivity (Wildman–Crippen MR) is 273 cm³/mol. The lowest BCUT2D eigenvalue weighted by Gasteiger charge is -2.24. The summed E-state index contributed by atoms with van der Waals surface area (Å²) in [5.41, 5.74) is 15.9. The normalized spacial score (nSPS) is 13.1. The molecule has 0 spiro atoms. The summed E-state index contributed by atoms with van der Waals surface area (Å²) >= 11 is 3.79. The largest absolute Gasteiger partial charge is 0.456 e. The molecule has 1 N–H and O–H groups in total. The van der Waals surface area contributed by atoms with Crippen molar-refractivity contribution >= 4 is 136 Å². The summed E-state index contributed by atoms with van der Waals surface area (Å²) in [4.78, 5) is 0. The fourth-order valence-corrected chi connectivity index (χ4v) is 12.5. The molecule has 4 aromatic heterocycles. The molecular weight excluding hydrogens is 792 g/mol. The molecule has 3 nitrogen and oxygen atoms in total. The van der Waals surface area contributed by atoms with E-state index in [1.54, 1.807) is 0 Å². The summed E-state index contributed by atoms with van der Waals surface area (Å²) in [6, 6.07) is 52.7. The molecule has 12 aromatic rings. The van der Waals surface area contributed by atoms with E-state index >= 15 is 0 Å². The number of aromatic nitrogens is 1. The first-order chi connectivity index (χ1) is 29.9. The maximum Gasteiger partial charge on any atom is 0.198 e. The number of rotatable bonds is 3. The minimum atomic E-state index is 0.0742. The second kappa shape index (κ2) is 12.6. The van der Waals surface area contributed by atoms with E-state index in [0.29, 0.717) is 0 Å². The first-order valence-electron chi connectivity index (χ1n) is 21.7. The number of para-hydroxylation sites is 1. The zero-order valence-electron chi connectivity index (χ0n) is 35.7. The number of hydrogen-bond acceptors (Lipinski definition) is 4. The van der Waals surface area contributed by atoms with Gasteiger partial charge in [0.1, 0.15) is 11.2 Å². The molecule has 0 unspecified atom stereocenters. The van der Waals surface area contributed by atoms with E-state index < -0.39 is 0 Å². The lowest BCUT2D eigenvalue weighted by Crippen LogP contribution is -2.37. The molecule has 0 aliphatic carbocycles. The second-order valence-electron chi connectivity index (χ2n) is 19.4. The molecule has 0 amide bonds. The number of benzene rings is 8. The molecule has 5 heterocycles. The van der Waals surface area contributed by atoms with Crippen molar-refractivity contribution in [3.63, 3.8) is 0 Å². The van der Waals surface area contributed by atoms with Crippen molar-refractivity contribution in [2.45, 2.75) is 52.4 Å². The SMILES string of the molecule is CC(C)(C)c1ccc(Nc2cc3sc4cc(C(C)(C)C)ccc4c3cc2-c2ccc3c4cc5oc6ccccc6c5cc4n4c3c2Bc2cc3c(cc2-4)sc2ccccc23)cc1. The zero-order chi connectivity index (χ0) is 41.8. The molecule has 62 heavy (non-hydrogen) atoms. The lowest BCUT2D eigenvalue weighted by molar-refractivity contribution is 0.590. The standard InChI is InChI=1S/C56H43BN2OS2/c1-55(2,3)30-15-18-32(19-16-30)58-44-28-51-41(35-20-17-31(56(4,5)6)23-50(35)62-51)24-38(44)36-21-22-37-39-27-48-40(33-11-7-9-13-47(33)60-48)26-45(39)59-46-29-52-42(25-43(46)57-53(36)54(37)59)34-12-8-10-14-49(34)61-52/h7-29,57-58H,1-6H3. The van der Waals surface area contributed by atoms with Gasteiger partial charge in [-0.2, -0.15) is 0 Å². The quantitative estimate of drug-likeness (QED) is 0.180. The van der Waals surface area contributed by atoms with E-state index in [1.807, 2.05) is 22.7 Å². The number of furan rings is 1. The van der Waals surface area contributed by atoms with Crippen LogP contribution in [0.5, 0.6) is 0 Å². The van der Waals surface area contributed by atoms with E-state index in [-0.39, 0.29) is 10.8 Å². The molecule has 1 aliphatic heterocycles. The summed E-state index contributed by atoms with van der Waals surface area (Å²) in [5.74, 6) is 0. The van der Waals surface area contributed by atoms with E-state index in [9.17, 15) is 0 Å². The van der Waals surface area contributed by atoms with Crippen LogP contribution in [0.25, 0.3) is 101 Å². The van der Waals surface area contributed by atoms with Crippen LogP contribution in [0.2, 0.25) is 0 Å². The van der Waals surface area contributed by atoms with Crippen LogP contribution in [0.15, 0.2) is 144 Å². The number of anilines is 2. The Hall–Kier alpha value is -6.34. The molecule has 0 atom stereocenters. The molecule has 0 fully saturated rings. The third kappa shape index (κ3) is 5.29. The maximum absolute atomic E-state index is 6.53. The van der Waals surface area contributed by atoms with Crippen LogP contribution < -0.4 is 16.2 Å². The Morgan fingerprint density at radius 3 is 2.00 bits per heavy atom. The summed E-state index contributed by atoms with van der Waals surface area (Å²) in [6.07, 6.45) is 0. The summed E-state index contributed by atoms with van der Waals surface area (Å²) in [6.45, 7) is 13.7. The molecule has 0 bridgehead atoms. The highest BCUT2D eigenvalue weighted by atomic mass is 32.1. The Morgan fingerprint density at radius 1 is 0.500 bits per heavy atom. The average Bonchev–Trinajstić information content (AvgIpc) is 4.00. The number of hydrogen-bond donors (Lipinski definition) is 1. The van der Waals surface area contributed by atoms with Gasteiger partial charge in [-0.3, -0.25) is 0 Å². The van der Waals surface area contributed by atoms with E-state index in [4.69, 9.17) is 4.42 Å². The maximum atomic E-state index is 6.53. The van der Waals surface area contributed by atoms with Crippen molar-refractivity contribution in [1.29, 1.82) is 0 Å². The van der Waals surface area contributed by atoms with Gasteiger partial charge >= 0.3 is 0 Å². The van der Waals surface area contributed by atoms with Gasteiger partial charge in [-0.05, 0) is 99.0 Å².